The Balaban J connectivity index is 1.89. The van der Waals surface area contributed by atoms with Gasteiger partial charge in [0.25, 0.3) is 11.8 Å². The Morgan fingerprint density at radius 3 is 2.31 bits per heavy atom. The van der Waals surface area contributed by atoms with Gasteiger partial charge in [-0.05, 0) is 36.2 Å². The number of carbonyl (C=O) groups excluding carboxylic acids is 4. The maximum atomic E-state index is 12.3. The van der Waals surface area contributed by atoms with Gasteiger partial charge in [-0.25, -0.2) is 4.79 Å². The van der Waals surface area contributed by atoms with Crippen LogP contribution in [0.25, 0.3) is 0 Å². The van der Waals surface area contributed by atoms with Crippen molar-refractivity contribution in [2.24, 2.45) is 5.92 Å². The van der Waals surface area contributed by atoms with Gasteiger partial charge in [-0.3, -0.25) is 14.4 Å². The van der Waals surface area contributed by atoms with E-state index in [1.807, 2.05) is 0 Å². The number of furan rings is 1. The molecule has 0 aliphatic carbocycles. The highest BCUT2D eigenvalue weighted by atomic mass is 16.5. The maximum Gasteiger partial charge on any atom is 0.329 e. The highest BCUT2D eigenvalue weighted by Gasteiger charge is 2.27. The van der Waals surface area contributed by atoms with Gasteiger partial charge < -0.3 is 25.1 Å². The van der Waals surface area contributed by atoms with Crippen molar-refractivity contribution in [3.63, 3.8) is 0 Å². The Bertz CT molecular complexity index is 876. The summed E-state index contributed by atoms with van der Waals surface area (Å²) in [7, 11) is 0. The fourth-order valence-corrected chi connectivity index (χ4v) is 2.42. The highest BCUT2D eigenvalue weighted by Crippen LogP contribution is 2.15. The number of ether oxygens (including phenoxy) is 1. The van der Waals surface area contributed by atoms with Gasteiger partial charge in [-0.1, -0.05) is 19.9 Å². The number of nitrogens with one attached hydrogen (secondary N) is 3. The molecule has 1 atom stereocenters. The average Bonchev–Trinajstić information content (AvgIpc) is 3.18. The van der Waals surface area contributed by atoms with E-state index < -0.39 is 30.4 Å². The quantitative estimate of drug-likeness (QED) is 0.582. The zero-order valence-electron chi connectivity index (χ0n) is 16.4. The first kappa shape index (κ1) is 21.7. The molecule has 1 aromatic heterocycles. The summed E-state index contributed by atoms with van der Waals surface area (Å²) in [5.41, 5.74) is 0.955. The molecule has 0 radical (unpaired) electrons. The van der Waals surface area contributed by atoms with Crippen LogP contribution < -0.4 is 16.0 Å². The van der Waals surface area contributed by atoms with Crippen molar-refractivity contribution >= 4 is 35.1 Å². The molecule has 3 amide bonds. The van der Waals surface area contributed by atoms with Crippen LogP contribution in [0.2, 0.25) is 0 Å². The monoisotopic (exact) mass is 401 g/mol. The van der Waals surface area contributed by atoms with Crippen molar-refractivity contribution < 1.29 is 28.3 Å². The van der Waals surface area contributed by atoms with Crippen LogP contribution in [0.1, 0.15) is 31.3 Å². The molecular formula is C20H23N3O6. The van der Waals surface area contributed by atoms with Crippen LogP contribution in [-0.2, 0) is 19.1 Å². The first-order valence-corrected chi connectivity index (χ1v) is 8.94. The van der Waals surface area contributed by atoms with Crippen molar-refractivity contribution in [2.75, 3.05) is 17.2 Å². The highest BCUT2D eigenvalue weighted by molar-refractivity contribution is 5.96. The van der Waals surface area contributed by atoms with Crippen molar-refractivity contribution in [2.45, 2.75) is 26.8 Å². The van der Waals surface area contributed by atoms with Gasteiger partial charge in [0.1, 0.15) is 6.04 Å². The number of anilines is 2. The Morgan fingerprint density at radius 1 is 1.03 bits per heavy atom. The molecule has 0 spiro atoms. The number of esters is 1. The van der Waals surface area contributed by atoms with Crippen molar-refractivity contribution in [1.29, 1.82) is 0 Å². The molecule has 0 fully saturated rings. The largest absolute Gasteiger partial charge is 0.459 e. The van der Waals surface area contributed by atoms with Crippen LogP contribution in [0.3, 0.4) is 0 Å². The Hall–Kier alpha value is -3.62. The molecule has 0 saturated heterocycles. The van der Waals surface area contributed by atoms with Crippen LogP contribution in [0.4, 0.5) is 11.4 Å². The molecule has 2 rings (SSSR count). The van der Waals surface area contributed by atoms with Gasteiger partial charge in [-0.2, -0.15) is 0 Å². The smallest absolute Gasteiger partial charge is 0.329 e. The van der Waals surface area contributed by atoms with Crippen LogP contribution >= 0.6 is 0 Å². The summed E-state index contributed by atoms with van der Waals surface area (Å²) in [4.78, 5) is 47.6. The zero-order valence-corrected chi connectivity index (χ0v) is 16.4. The first-order valence-electron chi connectivity index (χ1n) is 8.94. The van der Waals surface area contributed by atoms with E-state index in [4.69, 9.17) is 9.15 Å². The molecule has 0 aliphatic rings. The van der Waals surface area contributed by atoms with E-state index in [1.165, 1.54) is 19.3 Å². The molecule has 29 heavy (non-hydrogen) atoms. The number of carbonyl (C=O) groups is 4. The lowest BCUT2D eigenvalue weighted by Crippen LogP contribution is -2.45. The summed E-state index contributed by atoms with van der Waals surface area (Å²) in [6, 6.07) is 8.62. The second-order valence-electron chi connectivity index (χ2n) is 6.59. The third-order valence-corrected chi connectivity index (χ3v) is 3.76. The van der Waals surface area contributed by atoms with E-state index in [1.54, 1.807) is 44.2 Å². The molecule has 1 heterocycles. The summed E-state index contributed by atoms with van der Waals surface area (Å²) in [5, 5.41) is 7.71. The standard InChI is InChI=1S/C20H23N3O6/c1-12(2)18(23-19(26)16-8-5-9-28-16)20(27)29-11-17(25)22-15-7-4-6-14(10-15)21-13(3)24/h4-10,12,18H,11H2,1-3H3,(H,21,24)(H,22,25)(H,23,26)/t18-/m0/s1. The molecule has 9 nitrogen and oxygen atoms in total. The lowest BCUT2D eigenvalue weighted by molar-refractivity contribution is -0.150. The third-order valence-electron chi connectivity index (χ3n) is 3.76. The average molecular weight is 401 g/mol. The predicted octanol–water partition coefficient (Wildman–Crippen LogP) is 2.17. The summed E-state index contributed by atoms with van der Waals surface area (Å²) >= 11 is 0. The summed E-state index contributed by atoms with van der Waals surface area (Å²) in [6.45, 7) is 4.33. The van der Waals surface area contributed by atoms with Gasteiger partial charge in [0.05, 0.1) is 6.26 Å². The zero-order chi connectivity index (χ0) is 21.4. The molecule has 9 heteroatoms. The minimum atomic E-state index is -0.941. The van der Waals surface area contributed by atoms with Gasteiger partial charge >= 0.3 is 5.97 Å². The molecule has 154 valence electrons. The normalized spacial score (nSPS) is 11.4. The second-order valence-corrected chi connectivity index (χ2v) is 6.59. The molecule has 0 bridgehead atoms. The van der Waals surface area contributed by atoms with Crippen LogP contribution in [0.5, 0.6) is 0 Å². The first-order chi connectivity index (χ1) is 13.8. The Morgan fingerprint density at radius 2 is 1.72 bits per heavy atom. The van der Waals surface area contributed by atoms with Gasteiger partial charge in [0, 0.05) is 18.3 Å². The number of amides is 3. The summed E-state index contributed by atoms with van der Waals surface area (Å²) in [5.74, 6) is -2.28. The minimum Gasteiger partial charge on any atom is -0.459 e. The third kappa shape index (κ3) is 6.80. The molecule has 2 aromatic rings. The number of rotatable bonds is 8. The van der Waals surface area contributed by atoms with E-state index >= 15 is 0 Å². The fraction of sp³-hybridized carbons (Fsp3) is 0.300. The van der Waals surface area contributed by atoms with E-state index in [-0.39, 0.29) is 17.6 Å². The predicted molar refractivity (Wildman–Crippen MR) is 105 cm³/mol. The van der Waals surface area contributed by atoms with Crippen molar-refractivity contribution in [3.8, 4) is 0 Å². The van der Waals surface area contributed by atoms with E-state index in [2.05, 4.69) is 16.0 Å². The molecular weight excluding hydrogens is 378 g/mol. The number of benzene rings is 1. The fourth-order valence-electron chi connectivity index (χ4n) is 2.42. The minimum absolute atomic E-state index is 0.0697. The van der Waals surface area contributed by atoms with Crippen LogP contribution in [0.15, 0.2) is 47.1 Å². The van der Waals surface area contributed by atoms with E-state index in [0.717, 1.165) is 0 Å². The SMILES string of the molecule is CC(=O)Nc1cccc(NC(=O)COC(=O)[C@@H](NC(=O)c2ccco2)C(C)C)c1. The van der Waals surface area contributed by atoms with Crippen LogP contribution in [0, 0.1) is 5.92 Å². The molecule has 1 aromatic carbocycles. The molecule has 3 N–H and O–H groups in total. The van der Waals surface area contributed by atoms with E-state index in [9.17, 15) is 19.2 Å². The van der Waals surface area contributed by atoms with Gasteiger partial charge in [0.15, 0.2) is 12.4 Å². The number of hydrogen-bond donors (Lipinski definition) is 3. The van der Waals surface area contributed by atoms with Crippen molar-refractivity contribution in [3.05, 3.63) is 48.4 Å². The Labute approximate surface area is 167 Å². The van der Waals surface area contributed by atoms with Gasteiger partial charge in [-0.15, -0.1) is 0 Å². The molecule has 0 aliphatic heterocycles. The topological polar surface area (TPSA) is 127 Å². The second kappa shape index (κ2) is 10.1. The maximum absolute atomic E-state index is 12.3. The lowest BCUT2D eigenvalue weighted by atomic mass is 10.0. The Kier molecular flexibility index (Phi) is 7.53. The van der Waals surface area contributed by atoms with E-state index in [0.29, 0.717) is 11.4 Å². The van der Waals surface area contributed by atoms with Crippen LogP contribution in [-0.4, -0.2) is 36.3 Å². The van der Waals surface area contributed by atoms with Gasteiger partial charge in [0.2, 0.25) is 5.91 Å². The van der Waals surface area contributed by atoms with Crippen molar-refractivity contribution in [1.82, 2.24) is 5.32 Å². The lowest BCUT2D eigenvalue weighted by Gasteiger charge is -2.20. The molecule has 0 unspecified atom stereocenters. The summed E-state index contributed by atoms with van der Waals surface area (Å²) < 4.78 is 10.0. The summed E-state index contributed by atoms with van der Waals surface area (Å²) in [6.07, 6.45) is 1.35. The molecule has 0 saturated carbocycles. The number of hydrogen-bond acceptors (Lipinski definition) is 6.